The first-order valence-corrected chi connectivity index (χ1v) is 4.56. The van der Waals surface area contributed by atoms with Gasteiger partial charge >= 0.3 is 18.3 Å². The molecule has 0 bridgehead atoms. The molecule has 0 spiro atoms. The van der Waals surface area contributed by atoms with E-state index in [1.165, 1.54) is 18.2 Å². The summed E-state index contributed by atoms with van der Waals surface area (Å²) in [5.74, 6) is -5.38. The molecule has 2 N–H and O–H groups in total. The molecule has 0 saturated heterocycles. The minimum absolute atomic E-state index is 0.0465. The standard InChI is InChI=1S/C10H9F4NO2/c11-9(12)10(13,14)5-15-7-3-1-2-6(4-7)8(16)17/h1-4,9,15H,5H2,(H,16,17). The van der Waals surface area contributed by atoms with Gasteiger partial charge in [0.2, 0.25) is 0 Å². The van der Waals surface area contributed by atoms with Crippen LogP contribution in [0.15, 0.2) is 24.3 Å². The SMILES string of the molecule is O=C(O)c1cccc(NCC(F)(F)C(F)F)c1. The van der Waals surface area contributed by atoms with Crippen molar-refractivity contribution in [1.29, 1.82) is 0 Å². The fourth-order valence-corrected chi connectivity index (χ4v) is 1.06. The van der Waals surface area contributed by atoms with Gasteiger partial charge in [0.1, 0.15) is 0 Å². The molecule has 0 heterocycles. The van der Waals surface area contributed by atoms with Crippen molar-refractivity contribution < 1.29 is 27.5 Å². The molecule has 0 fully saturated rings. The molecule has 1 aromatic rings. The zero-order valence-corrected chi connectivity index (χ0v) is 8.46. The molecule has 17 heavy (non-hydrogen) atoms. The van der Waals surface area contributed by atoms with Crippen molar-refractivity contribution in [3.05, 3.63) is 29.8 Å². The molecule has 0 aromatic heterocycles. The Hall–Kier alpha value is -1.79. The van der Waals surface area contributed by atoms with Crippen LogP contribution < -0.4 is 5.32 Å². The van der Waals surface area contributed by atoms with Gasteiger partial charge in [0.05, 0.1) is 12.1 Å². The van der Waals surface area contributed by atoms with Crippen molar-refractivity contribution in [2.75, 3.05) is 11.9 Å². The molecule has 1 aromatic carbocycles. The van der Waals surface area contributed by atoms with Crippen LogP contribution in [0.3, 0.4) is 0 Å². The predicted molar refractivity (Wildman–Crippen MR) is 52.8 cm³/mol. The number of carboxylic acids is 1. The Kier molecular flexibility index (Phi) is 3.93. The number of hydrogen-bond acceptors (Lipinski definition) is 2. The maximum atomic E-state index is 12.6. The van der Waals surface area contributed by atoms with Gasteiger partial charge in [-0.15, -0.1) is 0 Å². The van der Waals surface area contributed by atoms with Crippen molar-refractivity contribution in [3.63, 3.8) is 0 Å². The monoisotopic (exact) mass is 251 g/mol. The van der Waals surface area contributed by atoms with E-state index in [9.17, 15) is 22.4 Å². The lowest BCUT2D eigenvalue weighted by molar-refractivity contribution is -0.117. The topological polar surface area (TPSA) is 49.3 Å². The summed E-state index contributed by atoms with van der Waals surface area (Å²) >= 11 is 0. The van der Waals surface area contributed by atoms with Gasteiger partial charge in [-0.25, -0.2) is 13.6 Å². The van der Waals surface area contributed by atoms with Gasteiger partial charge in [-0.2, -0.15) is 8.78 Å². The number of benzene rings is 1. The van der Waals surface area contributed by atoms with Gasteiger partial charge in [-0.1, -0.05) is 6.07 Å². The van der Waals surface area contributed by atoms with E-state index in [1.807, 2.05) is 0 Å². The molecule has 94 valence electrons. The first-order chi connectivity index (χ1) is 7.83. The normalized spacial score (nSPS) is 11.6. The van der Waals surface area contributed by atoms with Gasteiger partial charge in [0.15, 0.2) is 0 Å². The van der Waals surface area contributed by atoms with Crippen molar-refractivity contribution in [2.45, 2.75) is 12.3 Å². The summed E-state index contributed by atoms with van der Waals surface area (Å²) in [6.07, 6.45) is -3.77. The zero-order valence-electron chi connectivity index (χ0n) is 8.46. The maximum absolute atomic E-state index is 12.6. The van der Waals surface area contributed by atoms with Crippen LogP contribution in [0.25, 0.3) is 0 Å². The number of carboxylic acid groups (broad SMARTS) is 1. The molecule has 0 atom stereocenters. The number of nitrogens with one attached hydrogen (secondary N) is 1. The summed E-state index contributed by atoms with van der Waals surface area (Å²) in [4.78, 5) is 10.6. The lowest BCUT2D eigenvalue weighted by Crippen LogP contribution is -2.34. The van der Waals surface area contributed by atoms with Crippen LogP contribution in [-0.2, 0) is 0 Å². The molecule has 0 aliphatic rings. The highest BCUT2D eigenvalue weighted by Crippen LogP contribution is 2.23. The van der Waals surface area contributed by atoms with Crippen LogP contribution in [0.2, 0.25) is 0 Å². The van der Waals surface area contributed by atoms with Gasteiger partial charge in [-0.3, -0.25) is 0 Å². The summed E-state index contributed by atoms with van der Waals surface area (Å²) in [5.41, 5.74) is -0.0689. The quantitative estimate of drug-likeness (QED) is 0.791. The minimum atomic E-state index is -4.15. The lowest BCUT2D eigenvalue weighted by atomic mass is 10.2. The van der Waals surface area contributed by atoms with E-state index in [-0.39, 0.29) is 11.3 Å². The average molecular weight is 251 g/mol. The van der Waals surface area contributed by atoms with Crippen molar-refractivity contribution in [2.24, 2.45) is 0 Å². The fraction of sp³-hybridized carbons (Fsp3) is 0.300. The third kappa shape index (κ3) is 3.61. The molecule has 0 aliphatic heterocycles. The number of alkyl halides is 4. The van der Waals surface area contributed by atoms with Crippen LogP contribution >= 0.6 is 0 Å². The first-order valence-electron chi connectivity index (χ1n) is 4.56. The third-order valence-corrected chi connectivity index (χ3v) is 1.96. The number of aromatic carboxylic acids is 1. The van der Waals surface area contributed by atoms with E-state index in [0.29, 0.717) is 0 Å². The van der Waals surface area contributed by atoms with Crippen molar-refractivity contribution in [1.82, 2.24) is 0 Å². The molecule has 1 rings (SSSR count). The van der Waals surface area contributed by atoms with Gasteiger partial charge in [0, 0.05) is 5.69 Å². The molecule has 7 heteroatoms. The Bertz CT molecular complexity index is 409. The van der Waals surface area contributed by atoms with Crippen molar-refractivity contribution in [3.8, 4) is 0 Å². The smallest absolute Gasteiger partial charge is 0.335 e. The Balaban J connectivity index is 2.70. The second kappa shape index (κ2) is 5.03. The zero-order chi connectivity index (χ0) is 13.1. The lowest BCUT2D eigenvalue weighted by Gasteiger charge is -2.16. The molecule has 0 saturated carbocycles. The third-order valence-electron chi connectivity index (χ3n) is 1.96. The van der Waals surface area contributed by atoms with Crippen LogP contribution in [0.1, 0.15) is 10.4 Å². The Morgan fingerprint density at radius 2 is 2.06 bits per heavy atom. The number of halogens is 4. The van der Waals surface area contributed by atoms with Gasteiger partial charge < -0.3 is 10.4 Å². The molecular weight excluding hydrogens is 242 g/mol. The molecular formula is C10H9F4NO2. The Labute approximate surface area is 94.1 Å². The summed E-state index contributed by atoms with van der Waals surface area (Å²) in [7, 11) is 0. The van der Waals surface area contributed by atoms with Crippen LogP contribution in [0, 0.1) is 0 Å². The highest BCUT2D eigenvalue weighted by molar-refractivity contribution is 5.88. The van der Waals surface area contributed by atoms with Gasteiger partial charge in [0.25, 0.3) is 0 Å². The molecule has 0 unspecified atom stereocenters. The number of carbonyl (C=O) groups is 1. The number of rotatable bonds is 5. The van der Waals surface area contributed by atoms with Crippen LogP contribution in [0.4, 0.5) is 23.2 Å². The number of hydrogen-bond donors (Lipinski definition) is 2. The second-order valence-electron chi connectivity index (χ2n) is 3.30. The highest BCUT2D eigenvalue weighted by atomic mass is 19.3. The Morgan fingerprint density at radius 3 is 2.59 bits per heavy atom. The van der Waals surface area contributed by atoms with Gasteiger partial charge in [-0.05, 0) is 18.2 Å². The summed E-state index contributed by atoms with van der Waals surface area (Å²) < 4.78 is 48.8. The molecule has 3 nitrogen and oxygen atoms in total. The van der Waals surface area contributed by atoms with E-state index < -0.39 is 24.9 Å². The maximum Gasteiger partial charge on any atom is 0.335 e. The van der Waals surface area contributed by atoms with E-state index in [2.05, 4.69) is 5.32 Å². The van der Waals surface area contributed by atoms with E-state index in [4.69, 9.17) is 5.11 Å². The molecule has 0 aliphatic carbocycles. The van der Waals surface area contributed by atoms with Crippen molar-refractivity contribution >= 4 is 11.7 Å². The first kappa shape index (κ1) is 13.3. The van der Waals surface area contributed by atoms with E-state index in [0.717, 1.165) is 6.07 Å². The predicted octanol–water partition coefficient (Wildman–Crippen LogP) is 2.70. The summed E-state index contributed by atoms with van der Waals surface area (Å²) in [5, 5.41) is 10.7. The number of anilines is 1. The Morgan fingerprint density at radius 1 is 1.41 bits per heavy atom. The molecule has 0 amide bonds. The second-order valence-corrected chi connectivity index (χ2v) is 3.30. The van der Waals surface area contributed by atoms with Crippen LogP contribution in [0.5, 0.6) is 0 Å². The average Bonchev–Trinajstić information content (AvgIpc) is 2.26. The summed E-state index contributed by atoms with van der Waals surface area (Å²) in [6, 6.07) is 4.99. The van der Waals surface area contributed by atoms with Crippen LogP contribution in [-0.4, -0.2) is 30.0 Å². The minimum Gasteiger partial charge on any atom is -0.478 e. The highest BCUT2D eigenvalue weighted by Gasteiger charge is 2.40. The largest absolute Gasteiger partial charge is 0.478 e. The van der Waals surface area contributed by atoms with E-state index in [1.54, 1.807) is 0 Å². The molecule has 0 radical (unpaired) electrons. The fourth-order valence-electron chi connectivity index (χ4n) is 1.06. The van der Waals surface area contributed by atoms with E-state index >= 15 is 0 Å². The summed E-state index contributed by atoms with van der Waals surface area (Å²) in [6.45, 7) is -1.26.